The Kier molecular flexibility index (Phi) is 5.27. The Bertz CT molecular complexity index is 396. The summed E-state index contributed by atoms with van der Waals surface area (Å²) in [5.41, 5.74) is 1.25. The van der Waals surface area contributed by atoms with Crippen molar-refractivity contribution in [3.05, 3.63) is 24.3 Å². The summed E-state index contributed by atoms with van der Waals surface area (Å²) in [6.45, 7) is 14.0. The van der Waals surface area contributed by atoms with Crippen molar-refractivity contribution in [1.29, 1.82) is 0 Å². The number of ether oxygens (including phenoxy) is 1. The summed E-state index contributed by atoms with van der Waals surface area (Å²) >= 11 is 0. The monoisotopic (exact) mass is 278 g/mol. The summed E-state index contributed by atoms with van der Waals surface area (Å²) < 4.78 is 12.0. The molecule has 0 N–H and O–H groups in total. The van der Waals surface area contributed by atoms with E-state index in [0.29, 0.717) is 6.61 Å². The Morgan fingerprint density at radius 2 is 1.68 bits per heavy atom. The zero-order valence-electron chi connectivity index (χ0n) is 13.4. The van der Waals surface area contributed by atoms with Crippen LogP contribution in [-0.2, 0) is 4.43 Å². The molecular weight excluding hydrogens is 251 g/mol. The molecule has 2 nitrogen and oxygen atoms in total. The van der Waals surface area contributed by atoms with E-state index < -0.39 is 8.32 Å². The number of benzene rings is 1. The van der Waals surface area contributed by atoms with Gasteiger partial charge < -0.3 is 9.16 Å². The molecule has 0 aliphatic carbocycles. The first-order valence-electron chi connectivity index (χ1n) is 6.99. The largest absolute Gasteiger partial charge is 0.491 e. The van der Waals surface area contributed by atoms with Gasteiger partial charge in [0.2, 0.25) is 0 Å². The van der Waals surface area contributed by atoms with Crippen molar-refractivity contribution in [3.63, 3.8) is 0 Å². The first-order chi connectivity index (χ1) is 8.62. The normalized spacial score (nSPS) is 14.2. The topological polar surface area (TPSA) is 18.5 Å². The molecule has 0 fully saturated rings. The third kappa shape index (κ3) is 5.03. The van der Waals surface area contributed by atoms with Crippen LogP contribution in [0.1, 0.15) is 27.7 Å². The second-order valence-corrected chi connectivity index (χ2v) is 11.6. The lowest BCUT2D eigenvalue weighted by Gasteiger charge is -2.38. The van der Waals surface area contributed by atoms with E-state index in [1.165, 1.54) is 5.46 Å². The van der Waals surface area contributed by atoms with Gasteiger partial charge in [-0.25, -0.2) is 0 Å². The van der Waals surface area contributed by atoms with Crippen molar-refractivity contribution in [2.45, 2.75) is 51.9 Å². The van der Waals surface area contributed by atoms with Crippen LogP contribution in [0.3, 0.4) is 0 Å². The van der Waals surface area contributed by atoms with E-state index in [2.05, 4.69) is 60.8 Å². The van der Waals surface area contributed by atoms with Crippen LogP contribution in [0.25, 0.3) is 0 Å². The highest BCUT2D eigenvalue weighted by atomic mass is 28.4. The molecule has 0 bridgehead atoms. The summed E-state index contributed by atoms with van der Waals surface area (Å²) in [6.07, 6.45) is 0.127. The molecule has 0 amide bonds. The molecule has 1 rings (SSSR count). The maximum atomic E-state index is 6.26. The van der Waals surface area contributed by atoms with Gasteiger partial charge in [0.15, 0.2) is 8.32 Å². The fourth-order valence-corrected chi connectivity index (χ4v) is 2.99. The number of hydrogen-bond donors (Lipinski definition) is 0. The Labute approximate surface area is 120 Å². The van der Waals surface area contributed by atoms with Gasteiger partial charge in [-0.15, -0.1) is 0 Å². The molecule has 0 heterocycles. The van der Waals surface area contributed by atoms with Gasteiger partial charge in [-0.1, -0.05) is 38.4 Å². The van der Waals surface area contributed by atoms with Crippen molar-refractivity contribution in [2.75, 3.05) is 6.61 Å². The molecule has 0 saturated heterocycles. The van der Waals surface area contributed by atoms with Crippen molar-refractivity contribution in [1.82, 2.24) is 0 Å². The molecule has 4 heteroatoms. The van der Waals surface area contributed by atoms with E-state index in [1.807, 2.05) is 12.1 Å². The van der Waals surface area contributed by atoms with Gasteiger partial charge in [0, 0.05) is 0 Å². The molecule has 0 radical (unpaired) electrons. The first kappa shape index (κ1) is 16.3. The highest BCUT2D eigenvalue weighted by molar-refractivity contribution is 6.74. The van der Waals surface area contributed by atoms with Gasteiger partial charge in [-0.05, 0) is 37.2 Å². The lowest BCUT2D eigenvalue weighted by molar-refractivity contribution is 0.129. The molecule has 1 unspecified atom stereocenters. The average molecular weight is 278 g/mol. The van der Waals surface area contributed by atoms with E-state index in [0.717, 1.165) is 5.75 Å². The van der Waals surface area contributed by atoms with Gasteiger partial charge >= 0.3 is 0 Å². The molecule has 0 aliphatic rings. The molecule has 1 atom stereocenters. The second-order valence-electron chi connectivity index (χ2n) is 6.81. The fourth-order valence-electron chi connectivity index (χ4n) is 1.56. The van der Waals surface area contributed by atoms with E-state index in [1.54, 1.807) is 0 Å². The zero-order chi connectivity index (χ0) is 14.7. The van der Waals surface area contributed by atoms with Crippen LogP contribution in [-0.4, -0.2) is 28.9 Å². The zero-order valence-corrected chi connectivity index (χ0v) is 14.4. The van der Waals surface area contributed by atoms with Gasteiger partial charge in [0.25, 0.3) is 0 Å². The fraction of sp³-hybridized carbons (Fsp3) is 0.600. The lowest BCUT2D eigenvalue weighted by atomic mass is 9.97. The lowest BCUT2D eigenvalue weighted by Crippen LogP contribution is -2.44. The van der Waals surface area contributed by atoms with Crippen LogP contribution in [0.15, 0.2) is 24.3 Å². The maximum absolute atomic E-state index is 6.26. The Hall–Kier alpha value is -0.738. The minimum atomic E-state index is -1.70. The smallest absolute Gasteiger partial charge is 0.192 e. The predicted molar refractivity (Wildman–Crippen MR) is 87.9 cm³/mol. The minimum absolute atomic E-state index is 0.127. The Morgan fingerprint density at radius 1 is 1.16 bits per heavy atom. The predicted octanol–water partition coefficient (Wildman–Crippen LogP) is 2.73. The molecule has 0 spiro atoms. The van der Waals surface area contributed by atoms with Crippen LogP contribution in [0.5, 0.6) is 5.75 Å². The number of hydrogen-bond acceptors (Lipinski definition) is 2. The minimum Gasteiger partial charge on any atom is -0.491 e. The molecule has 19 heavy (non-hydrogen) atoms. The first-order valence-corrected chi connectivity index (χ1v) is 9.90. The number of rotatable bonds is 5. The van der Waals surface area contributed by atoms with Crippen LogP contribution in [0.2, 0.25) is 18.1 Å². The standard InChI is InChI=1S/C15H27BO2Si/c1-12(18-19(5,6)15(2,3)4)11-17-14-9-7-13(16)8-10-14/h7-10,12H,11,16H2,1-6H3. The van der Waals surface area contributed by atoms with Crippen molar-refractivity contribution in [2.24, 2.45) is 0 Å². The third-order valence-electron chi connectivity index (χ3n) is 3.81. The summed E-state index contributed by atoms with van der Waals surface area (Å²) in [5, 5.41) is 0.241. The van der Waals surface area contributed by atoms with Crippen LogP contribution in [0, 0.1) is 0 Å². The molecule has 0 aromatic heterocycles. The molecule has 0 aliphatic heterocycles. The van der Waals surface area contributed by atoms with E-state index in [9.17, 15) is 0 Å². The van der Waals surface area contributed by atoms with Crippen molar-refractivity contribution >= 4 is 21.6 Å². The molecule has 1 aromatic rings. The maximum Gasteiger partial charge on any atom is 0.192 e. The molecule has 1 aromatic carbocycles. The van der Waals surface area contributed by atoms with Crippen LogP contribution >= 0.6 is 0 Å². The highest BCUT2D eigenvalue weighted by Gasteiger charge is 2.38. The SMILES string of the molecule is Bc1ccc(OCC(C)O[Si](C)(C)C(C)(C)C)cc1. The van der Waals surface area contributed by atoms with Gasteiger partial charge in [0.05, 0.1) is 6.10 Å². The summed E-state index contributed by atoms with van der Waals surface area (Å²) in [6, 6.07) is 8.15. The highest BCUT2D eigenvalue weighted by Crippen LogP contribution is 2.37. The summed E-state index contributed by atoms with van der Waals surface area (Å²) in [4.78, 5) is 0. The quantitative estimate of drug-likeness (QED) is 0.771. The van der Waals surface area contributed by atoms with E-state index in [4.69, 9.17) is 9.16 Å². The average Bonchev–Trinajstić information content (AvgIpc) is 2.26. The van der Waals surface area contributed by atoms with Crippen molar-refractivity contribution < 1.29 is 9.16 Å². The van der Waals surface area contributed by atoms with Crippen LogP contribution < -0.4 is 10.2 Å². The van der Waals surface area contributed by atoms with Crippen molar-refractivity contribution in [3.8, 4) is 5.75 Å². The Balaban J connectivity index is 2.48. The molecular formula is C15H27BO2Si. The van der Waals surface area contributed by atoms with E-state index in [-0.39, 0.29) is 11.1 Å². The summed E-state index contributed by atoms with van der Waals surface area (Å²) in [5.74, 6) is 0.913. The summed E-state index contributed by atoms with van der Waals surface area (Å²) in [7, 11) is 0.381. The third-order valence-corrected chi connectivity index (χ3v) is 8.41. The molecule has 106 valence electrons. The second kappa shape index (κ2) is 6.14. The molecule has 0 saturated carbocycles. The van der Waals surface area contributed by atoms with Gasteiger partial charge in [-0.2, -0.15) is 0 Å². The van der Waals surface area contributed by atoms with Crippen LogP contribution in [0.4, 0.5) is 0 Å². The van der Waals surface area contributed by atoms with E-state index >= 15 is 0 Å². The van der Waals surface area contributed by atoms with Gasteiger partial charge in [-0.3, -0.25) is 0 Å². The van der Waals surface area contributed by atoms with Gasteiger partial charge in [0.1, 0.15) is 20.2 Å². The Morgan fingerprint density at radius 3 is 2.16 bits per heavy atom.